The van der Waals surface area contributed by atoms with Crippen LogP contribution in [0.4, 0.5) is 5.82 Å². The first kappa shape index (κ1) is 15.8. The SMILES string of the molecule is CN(Cc1ccccc1Br)C(=O)c1cnc(NN)c(Cl)c1. The molecule has 1 aromatic heterocycles. The molecule has 0 aliphatic carbocycles. The predicted octanol–water partition coefficient (Wildman–Crippen LogP) is 3.06. The normalized spacial score (nSPS) is 10.3. The van der Waals surface area contributed by atoms with E-state index in [9.17, 15) is 4.79 Å². The van der Waals surface area contributed by atoms with Gasteiger partial charge in [0.2, 0.25) is 0 Å². The number of halogens is 2. The number of amides is 1. The van der Waals surface area contributed by atoms with Crippen molar-refractivity contribution in [3.05, 3.63) is 57.2 Å². The maximum absolute atomic E-state index is 12.4. The van der Waals surface area contributed by atoms with Crippen molar-refractivity contribution in [1.29, 1.82) is 0 Å². The third kappa shape index (κ3) is 3.72. The van der Waals surface area contributed by atoms with Crippen LogP contribution in [0.5, 0.6) is 0 Å². The fraction of sp³-hybridized carbons (Fsp3) is 0.143. The lowest BCUT2D eigenvalue weighted by molar-refractivity contribution is 0.0784. The van der Waals surface area contributed by atoms with Crippen LogP contribution < -0.4 is 11.3 Å². The summed E-state index contributed by atoms with van der Waals surface area (Å²) < 4.78 is 0.962. The number of hydrazine groups is 1. The molecule has 3 N–H and O–H groups in total. The molecule has 0 fully saturated rings. The monoisotopic (exact) mass is 368 g/mol. The predicted molar refractivity (Wildman–Crippen MR) is 87.0 cm³/mol. The van der Waals surface area contributed by atoms with Gasteiger partial charge in [-0.25, -0.2) is 10.8 Å². The lowest BCUT2D eigenvalue weighted by atomic mass is 10.2. The van der Waals surface area contributed by atoms with Crippen molar-refractivity contribution < 1.29 is 4.79 Å². The summed E-state index contributed by atoms with van der Waals surface area (Å²) in [6.07, 6.45) is 1.44. The number of anilines is 1. The molecule has 1 amide bonds. The van der Waals surface area contributed by atoms with Crippen molar-refractivity contribution in [2.75, 3.05) is 12.5 Å². The molecule has 7 heteroatoms. The molecule has 1 aromatic carbocycles. The molecule has 0 saturated heterocycles. The zero-order valence-electron chi connectivity index (χ0n) is 11.3. The first-order valence-corrected chi connectivity index (χ1v) is 7.31. The molecule has 110 valence electrons. The smallest absolute Gasteiger partial charge is 0.255 e. The van der Waals surface area contributed by atoms with Gasteiger partial charge >= 0.3 is 0 Å². The highest BCUT2D eigenvalue weighted by Gasteiger charge is 2.15. The van der Waals surface area contributed by atoms with Gasteiger partial charge in [-0.3, -0.25) is 4.79 Å². The first-order chi connectivity index (χ1) is 10.0. The fourth-order valence-electron chi connectivity index (χ4n) is 1.84. The number of rotatable bonds is 4. The minimum atomic E-state index is -0.163. The molecule has 5 nitrogen and oxygen atoms in total. The zero-order valence-corrected chi connectivity index (χ0v) is 13.6. The Morgan fingerprint density at radius 1 is 1.48 bits per heavy atom. The summed E-state index contributed by atoms with van der Waals surface area (Å²) in [7, 11) is 1.73. The lowest BCUT2D eigenvalue weighted by Crippen LogP contribution is -2.26. The number of carbonyl (C=O) groups is 1. The molecule has 0 bridgehead atoms. The van der Waals surface area contributed by atoms with Crippen LogP contribution in [0.2, 0.25) is 5.02 Å². The Balaban J connectivity index is 2.16. The Morgan fingerprint density at radius 2 is 2.19 bits per heavy atom. The van der Waals surface area contributed by atoms with Gasteiger partial charge in [0.25, 0.3) is 5.91 Å². The minimum absolute atomic E-state index is 0.163. The number of hydrogen-bond donors (Lipinski definition) is 2. The van der Waals surface area contributed by atoms with Gasteiger partial charge in [-0.05, 0) is 17.7 Å². The maximum Gasteiger partial charge on any atom is 0.255 e. The van der Waals surface area contributed by atoms with E-state index >= 15 is 0 Å². The van der Waals surface area contributed by atoms with Crippen LogP contribution in [0.1, 0.15) is 15.9 Å². The van der Waals surface area contributed by atoms with E-state index < -0.39 is 0 Å². The van der Waals surface area contributed by atoms with Crippen molar-refractivity contribution in [1.82, 2.24) is 9.88 Å². The second-order valence-corrected chi connectivity index (χ2v) is 5.71. The molecule has 1 heterocycles. The Kier molecular flexibility index (Phi) is 5.17. The maximum atomic E-state index is 12.4. The van der Waals surface area contributed by atoms with Crippen molar-refractivity contribution in [3.63, 3.8) is 0 Å². The molecule has 0 atom stereocenters. The van der Waals surface area contributed by atoms with Gasteiger partial charge in [0.15, 0.2) is 5.82 Å². The minimum Gasteiger partial charge on any atom is -0.337 e. The number of benzene rings is 1. The molecule has 2 rings (SSSR count). The number of carbonyl (C=O) groups excluding carboxylic acids is 1. The highest BCUT2D eigenvalue weighted by atomic mass is 79.9. The van der Waals surface area contributed by atoms with E-state index in [1.54, 1.807) is 18.0 Å². The van der Waals surface area contributed by atoms with E-state index in [-0.39, 0.29) is 5.91 Å². The molecular weight excluding hydrogens is 356 g/mol. The Bertz CT molecular complexity index is 665. The van der Waals surface area contributed by atoms with Crippen LogP contribution in [0.15, 0.2) is 41.0 Å². The number of aromatic nitrogens is 1. The van der Waals surface area contributed by atoms with Crippen LogP contribution in [-0.4, -0.2) is 22.8 Å². The van der Waals surface area contributed by atoms with Crippen molar-refractivity contribution >= 4 is 39.3 Å². The van der Waals surface area contributed by atoms with E-state index in [4.69, 9.17) is 17.4 Å². The summed E-state index contributed by atoms with van der Waals surface area (Å²) in [5, 5.41) is 0.303. The van der Waals surface area contributed by atoms with Gasteiger partial charge in [0.1, 0.15) is 0 Å². The van der Waals surface area contributed by atoms with Crippen LogP contribution in [0, 0.1) is 0 Å². The van der Waals surface area contributed by atoms with Crippen LogP contribution in [-0.2, 0) is 6.54 Å². The highest BCUT2D eigenvalue weighted by Crippen LogP contribution is 2.21. The molecule has 0 spiro atoms. The van der Waals surface area contributed by atoms with Crippen molar-refractivity contribution in [2.24, 2.45) is 5.84 Å². The summed E-state index contributed by atoms with van der Waals surface area (Å²) >= 11 is 9.45. The quantitative estimate of drug-likeness (QED) is 0.642. The number of nitrogens with one attached hydrogen (secondary N) is 1. The summed E-state index contributed by atoms with van der Waals surface area (Å²) in [6, 6.07) is 9.30. The summed E-state index contributed by atoms with van der Waals surface area (Å²) in [5.74, 6) is 5.43. The Morgan fingerprint density at radius 3 is 2.81 bits per heavy atom. The second-order valence-electron chi connectivity index (χ2n) is 4.45. The van der Waals surface area contributed by atoms with E-state index in [1.165, 1.54) is 6.20 Å². The molecule has 21 heavy (non-hydrogen) atoms. The van der Waals surface area contributed by atoms with Crippen LogP contribution in [0.25, 0.3) is 0 Å². The Labute approximate surface area is 136 Å². The van der Waals surface area contributed by atoms with Crippen molar-refractivity contribution in [2.45, 2.75) is 6.54 Å². The lowest BCUT2D eigenvalue weighted by Gasteiger charge is -2.18. The van der Waals surface area contributed by atoms with Gasteiger partial charge in [-0.1, -0.05) is 45.7 Å². The topological polar surface area (TPSA) is 71.2 Å². The van der Waals surface area contributed by atoms with Gasteiger partial charge in [0, 0.05) is 24.3 Å². The standard InChI is InChI=1S/C14H14BrClN4O/c1-20(8-9-4-2-3-5-11(9)15)14(21)10-6-12(16)13(19-17)18-7-10/h2-7H,8,17H2,1H3,(H,18,19). The molecule has 0 unspecified atom stereocenters. The summed E-state index contributed by atoms with van der Waals surface area (Å²) in [5.41, 5.74) is 3.80. The zero-order chi connectivity index (χ0) is 15.4. The van der Waals surface area contributed by atoms with E-state index in [2.05, 4.69) is 26.3 Å². The van der Waals surface area contributed by atoms with Crippen LogP contribution >= 0.6 is 27.5 Å². The van der Waals surface area contributed by atoms with Gasteiger partial charge in [-0.15, -0.1) is 0 Å². The number of nitrogens with zero attached hydrogens (tertiary/aromatic N) is 2. The molecule has 0 saturated carbocycles. The number of nitrogens with two attached hydrogens (primary N) is 1. The van der Waals surface area contributed by atoms with Gasteiger partial charge in [0.05, 0.1) is 10.6 Å². The van der Waals surface area contributed by atoms with E-state index in [0.717, 1.165) is 10.0 Å². The van der Waals surface area contributed by atoms with Gasteiger partial charge < -0.3 is 10.3 Å². The molecular formula is C14H14BrClN4O. The first-order valence-electron chi connectivity index (χ1n) is 6.14. The molecule has 0 aliphatic rings. The number of nitrogen functional groups attached to an aromatic ring is 1. The summed E-state index contributed by atoms with van der Waals surface area (Å²) in [6.45, 7) is 0.481. The number of hydrogen-bond acceptors (Lipinski definition) is 4. The van der Waals surface area contributed by atoms with E-state index in [1.807, 2.05) is 24.3 Å². The Hall–Kier alpha value is -1.63. The average molecular weight is 370 g/mol. The molecule has 0 aliphatic heterocycles. The molecule has 0 radical (unpaired) electrons. The molecule has 2 aromatic rings. The summed E-state index contributed by atoms with van der Waals surface area (Å²) in [4.78, 5) is 18.0. The second kappa shape index (κ2) is 6.89. The fourth-order valence-corrected chi connectivity index (χ4v) is 2.47. The largest absolute Gasteiger partial charge is 0.337 e. The third-order valence-corrected chi connectivity index (χ3v) is 4.00. The highest BCUT2D eigenvalue weighted by molar-refractivity contribution is 9.10. The van der Waals surface area contributed by atoms with Crippen LogP contribution in [0.3, 0.4) is 0 Å². The van der Waals surface area contributed by atoms with E-state index in [0.29, 0.717) is 22.9 Å². The average Bonchev–Trinajstić information content (AvgIpc) is 2.48. The third-order valence-electron chi connectivity index (χ3n) is 2.94. The number of pyridine rings is 1. The van der Waals surface area contributed by atoms with Gasteiger partial charge in [-0.2, -0.15) is 0 Å². The van der Waals surface area contributed by atoms with Crippen molar-refractivity contribution in [3.8, 4) is 0 Å².